The summed E-state index contributed by atoms with van der Waals surface area (Å²) in [5.41, 5.74) is 5.37. The maximum absolute atomic E-state index is 13.0. The molecule has 0 aliphatic carbocycles. The van der Waals surface area contributed by atoms with Crippen molar-refractivity contribution in [3.8, 4) is 5.75 Å². The first kappa shape index (κ1) is 22.5. The number of hydrogen-bond acceptors (Lipinski definition) is 4. The van der Waals surface area contributed by atoms with Crippen LogP contribution in [0.15, 0.2) is 42.5 Å². The minimum absolute atomic E-state index is 0. The Morgan fingerprint density at radius 2 is 1.93 bits per heavy atom. The molecule has 0 atom stereocenters. The van der Waals surface area contributed by atoms with Crippen molar-refractivity contribution in [2.45, 2.75) is 19.1 Å². The third kappa shape index (κ3) is 5.39. The molecular weight excluding hydrogens is 411 g/mol. The molecule has 29 heavy (non-hydrogen) atoms. The lowest BCUT2D eigenvalue weighted by Crippen LogP contribution is -2.40. The molecule has 0 saturated carbocycles. The van der Waals surface area contributed by atoms with Gasteiger partial charge < -0.3 is 20.7 Å². The van der Waals surface area contributed by atoms with E-state index in [-0.39, 0.29) is 55.7 Å². The van der Waals surface area contributed by atoms with E-state index in [1.165, 1.54) is 11.0 Å². The molecule has 0 bridgehead atoms. The van der Waals surface area contributed by atoms with Crippen LogP contribution in [0.1, 0.15) is 17.5 Å². The molecule has 1 heterocycles. The van der Waals surface area contributed by atoms with E-state index in [4.69, 9.17) is 10.5 Å². The van der Waals surface area contributed by atoms with Gasteiger partial charge in [-0.2, -0.15) is 13.2 Å². The number of nitrogens with two attached hydrogens (primary N) is 1. The number of fused-ring (bicyclic) bond motifs is 1. The molecule has 156 valence electrons. The number of benzene rings is 2. The lowest BCUT2D eigenvalue weighted by Gasteiger charge is -2.29. The topological polar surface area (TPSA) is 84.7 Å². The Morgan fingerprint density at radius 1 is 1.21 bits per heavy atom. The number of para-hydroxylation sites is 2. The quantitative estimate of drug-likeness (QED) is 0.763. The number of halogens is 4. The largest absolute Gasteiger partial charge is 0.482 e. The molecule has 2 amide bonds. The minimum Gasteiger partial charge on any atom is -0.482 e. The van der Waals surface area contributed by atoms with Crippen LogP contribution in [0.3, 0.4) is 0 Å². The molecular formula is C19H19ClF3N3O3. The third-order valence-electron chi connectivity index (χ3n) is 4.21. The summed E-state index contributed by atoms with van der Waals surface area (Å²) in [4.78, 5) is 25.8. The fraction of sp³-hybridized carbons (Fsp3) is 0.263. The van der Waals surface area contributed by atoms with Gasteiger partial charge >= 0.3 is 6.18 Å². The normalized spacial score (nSPS) is 13.2. The van der Waals surface area contributed by atoms with Gasteiger partial charge in [0.15, 0.2) is 6.61 Å². The number of amides is 2. The first-order valence-corrected chi connectivity index (χ1v) is 8.51. The van der Waals surface area contributed by atoms with Crippen molar-refractivity contribution in [3.05, 3.63) is 53.6 Å². The van der Waals surface area contributed by atoms with Crippen LogP contribution in [0.5, 0.6) is 5.75 Å². The zero-order valence-corrected chi connectivity index (χ0v) is 16.0. The second-order valence-corrected chi connectivity index (χ2v) is 6.22. The Kier molecular flexibility index (Phi) is 7.10. The summed E-state index contributed by atoms with van der Waals surface area (Å²) in [6, 6.07) is 10.1. The van der Waals surface area contributed by atoms with Crippen LogP contribution in [0.4, 0.5) is 24.5 Å². The summed E-state index contributed by atoms with van der Waals surface area (Å²) in [7, 11) is 0. The molecule has 6 nitrogen and oxygen atoms in total. The summed E-state index contributed by atoms with van der Waals surface area (Å²) < 4.78 is 44.3. The second-order valence-electron chi connectivity index (χ2n) is 6.22. The second kappa shape index (κ2) is 9.15. The monoisotopic (exact) mass is 429 g/mol. The molecule has 2 aromatic carbocycles. The van der Waals surface area contributed by atoms with Gasteiger partial charge in [-0.15, -0.1) is 12.4 Å². The van der Waals surface area contributed by atoms with E-state index in [0.29, 0.717) is 11.4 Å². The highest BCUT2D eigenvalue weighted by Gasteiger charge is 2.31. The molecule has 0 unspecified atom stereocenters. The standard InChI is InChI=1S/C19H18F3N3O3.ClH/c20-19(21,22)13-7-12(10-23)8-14(9-13)24-17(26)5-6-25-15-3-1-2-4-16(15)28-11-18(25)27;/h1-4,7-9H,5-6,10-11,23H2,(H,24,26);1H. The van der Waals surface area contributed by atoms with Crippen molar-refractivity contribution in [2.75, 3.05) is 23.4 Å². The van der Waals surface area contributed by atoms with Crippen LogP contribution in [-0.4, -0.2) is 25.0 Å². The average Bonchev–Trinajstić information content (AvgIpc) is 2.66. The minimum atomic E-state index is -4.55. The number of carbonyl (C=O) groups is 2. The van der Waals surface area contributed by atoms with Crippen molar-refractivity contribution < 1.29 is 27.5 Å². The van der Waals surface area contributed by atoms with Crippen molar-refractivity contribution in [2.24, 2.45) is 5.73 Å². The lowest BCUT2D eigenvalue weighted by atomic mass is 10.1. The van der Waals surface area contributed by atoms with Crippen molar-refractivity contribution >= 4 is 35.6 Å². The molecule has 3 N–H and O–H groups in total. The van der Waals surface area contributed by atoms with Crippen molar-refractivity contribution in [3.63, 3.8) is 0 Å². The van der Waals surface area contributed by atoms with Crippen LogP contribution in [-0.2, 0) is 22.3 Å². The van der Waals surface area contributed by atoms with Gasteiger partial charge in [-0.3, -0.25) is 9.59 Å². The van der Waals surface area contributed by atoms with Gasteiger partial charge in [-0.1, -0.05) is 12.1 Å². The van der Waals surface area contributed by atoms with Crippen LogP contribution in [0.2, 0.25) is 0 Å². The maximum Gasteiger partial charge on any atom is 0.416 e. The van der Waals surface area contributed by atoms with E-state index in [1.807, 2.05) is 0 Å². The van der Waals surface area contributed by atoms with E-state index < -0.39 is 17.6 Å². The molecule has 10 heteroatoms. The van der Waals surface area contributed by atoms with E-state index in [1.54, 1.807) is 24.3 Å². The fourth-order valence-electron chi connectivity index (χ4n) is 2.88. The summed E-state index contributed by atoms with van der Waals surface area (Å²) in [6.45, 7) is -0.147. The van der Waals surface area contributed by atoms with Gasteiger partial charge in [0.05, 0.1) is 11.3 Å². The molecule has 0 fully saturated rings. The number of anilines is 2. The summed E-state index contributed by atoms with van der Waals surface area (Å²) in [5, 5.41) is 2.44. The van der Waals surface area contributed by atoms with Gasteiger partial charge in [0, 0.05) is 25.2 Å². The SMILES string of the molecule is Cl.NCc1cc(NC(=O)CCN2C(=O)COc3ccccc32)cc(C(F)(F)F)c1. The number of nitrogens with one attached hydrogen (secondary N) is 1. The highest BCUT2D eigenvalue weighted by atomic mass is 35.5. The van der Waals surface area contributed by atoms with Crippen LogP contribution < -0.4 is 20.7 Å². The predicted octanol–water partition coefficient (Wildman–Crippen LogP) is 3.34. The summed E-state index contributed by atoms with van der Waals surface area (Å²) in [6.07, 6.45) is -4.64. The Labute approximate surface area is 171 Å². The van der Waals surface area contributed by atoms with Crippen LogP contribution >= 0.6 is 12.4 Å². The molecule has 1 aliphatic heterocycles. The highest BCUT2D eigenvalue weighted by Crippen LogP contribution is 2.33. The highest BCUT2D eigenvalue weighted by molar-refractivity contribution is 5.99. The molecule has 0 spiro atoms. The Bertz CT molecular complexity index is 906. The summed E-state index contributed by atoms with van der Waals surface area (Å²) in [5.74, 6) is -0.275. The first-order valence-electron chi connectivity index (χ1n) is 8.51. The Hall–Kier alpha value is -2.78. The van der Waals surface area contributed by atoms with Crippen LogP contribution in [0, 0.1) is 0 Å². The molecule has 3 rings (SSSR count). The number of alkyl halides is 3. The zero-order valence-electron chi connectivity index (χ0n) is 15.2. The summed E-state index contributed by atoms with van der Waals surface area (Å²) >= 11 is 0. The lowest BCUT2D eigenvalue weighted by molar-refractivity contribution is -0.137. The maximum atomic E-state index is 13.0. The van der Waals surface area contributed by atoms with Crippen molar-refractivity contribution in [1.29, 1.82) is 0 Å². The zero-order chi connectivity index (χ0) is 20.3. The van der Waals surface area contributed by atoms with Gasteiger partial charge in [-0.25, -0.2) is 0 Å². The number of ether oxygens (including phenoxy) is 1. The van der Waals surface area contributed by atoms with E-state index in [0.717, 1.165) is 12.1 Å². The third-order valence-corrected chi connectivity index (χ3v) is 4.21. The molecule has 0 aromatic heterocycles. The van der Waals surface area contributed by atoms with E-state index >= 15 is 0 Å². The number of hydrogen-bond donors (Lipinski definition) is 2. The fourth-order valence-corrected chi connectivity index (χ4v) is 2.88. The van der Waals surface area contributed by atoms with Gasteiger partial charge in [-0.05, 0) is 35.9 Å². The van der Waals surface area contributed by atoms with E-state index in [2.05, 4.69) is 5.32 Å². The first-order chi connectivity index (χ1) is 13.3. The van der Waals surface area contributed by atoms with Gasteiger partial charge in [0.1, 0.15) is 5.75 Å². The van der Waals surface area contributed by atoms with Crippen LogP contribution in [0.25, 0.3) is 0 Å². The number of rotatable bonds is 5. The van der Waals surface area contributed by atoms with Gasteiger partial charge in [0.25, 0.3) is 5.91 Å². The predicted molar refractivity (Wildman–Crippen MR) is 104 cm³/mol. The number of carbonyl (C=O) groups excluding carboxylic acids is 2. The smallest absolute Gasteiger partial charge is 0.416 e. The molecule has 2 aromatic rings. The van der Waals surface area contributed by atoms with Gasteiger partial charge in [0.2, 0.25) is 5.91 Å². The Balaban J connectivity index is 0.00000300. The van der Waals surface area contributed by atoms with Crippen molar-refractivity contribution in [1.82, 2.24) is 0 Å². The Morgan fingerprint density at radius 3 is 2.62 bits per heavy atom. The average molecular weight is 430 g/mol. The molecule has 0 saturated heterocycles. The molecule has 0 radical (unpaired) electrons. The number of nitrogens with zero attached hydrogens (tertiary/aromatic N) is 1. The van der Waals surface area contributed by atoms with E-state index in [9.17, 15) is 22.8 Å². The molecule has 1 aliphatic rings.